The lowest BCUT2D eigenvalue weighted by molar-refractivity contribution is -0.140. The molecule has 0 spiro atoms. The summed E-state index contributed by atoms with van der Waals surface area (Å²) in [7, 11) is -2.70. The van der Waals surface area contributed by atoms with E-state index in [0.29, 0.717) is 12.2 Å². The van der Waals surface area contributed by atoms with Crippen molar-refractivity contribution in [2.24, 2.45) is 0 Å². The summed E-state index contributed by atoms with van der Waals surface area (Å²) in [5.41, 5.74) is 0.790. The van der Waals surface area contributed by atoms with Crippen molar-refractivity contribution in [3.8, 4) is 5.75 Å². The third-order valence-electron chi connectivity index (χ3n) is 6.14. The van der Waals surface area contributed by atoms with E-state index in [9.17, 15) is 18.0 Å². The fourth-order valence-electron chi connectivity index (χ4n) is 4.15. The van der Waals surface area contributed by atoms with E-state index in [1.54, 1.807) is 62.6 Å². The fourth-order valence-corrected chi connectivity index (χ4v) is 6.04. The molecule has 3 aromatic carbocycles. The van der Waals surface area contributed by atoms with Crippen LogP contribution in [-0.2, 0) is 26.2 Å². The number of hydrogen-bond acceptors (Lipinski definition) is 5. The number of benzene rings is 3. The Hall–Kier alpha value is -3.27. The molecule has 3 aromatic rings. The van der Waals surface area contributed by atoms with Gasteiger partial charge in [0, 0.05) is 12.6 Å². The van der Waals surface area contributed by atoms with Gasteiger partial charge in [-0.3, -0.25) is 13.9 Å². The average Bonchev–Trinajstić information content (AvgIpc) is 2.93. The molecule has 3 rings (SSSR count). The van der Waals surface area contributed by atoms with Gasteiger partial charge in [-0.2, -0.15) is 0 Å². The third kappa shape index (κ3) is 7.47. The molecule has 0 fully saturated rings. The van der Waals surface area contributed by atoms with Crippen molar-refractivity contribution in [3.05, 3.63) is 88.4 Å². The Morgan fingerprint density at radius 3 is 2.17 bits per heavy atom. The number of nitrogens with one attached hydrogen (secondary N) is 1. The van der Waals surface area contributed by atoms with Crippen LogP contribution in [0, 0.1) is 0 Å². The number of nitrogens with zero attached hydrogens (tertiary/aromatic N) is 2. The summed E-state index contributed by atoms with van der Waals surface area (Å²) in [6, 6.07) is 18.4. The number of carbonyl (C=O) groups excluding carboxylic acids is 2. The lowest BCUT2D eigenvalue weighted by atomic mass is 10.1. The van der Waals surface area contributed by atoms with E-state index < -0.39 is 28.5 Å². The van der Waals surface area contributed by atoms with E-state index in [2.05, 4.69) is 5.32 Å². The maximum Gasteiger partial charge on any atom is 0.264 e. The number of ether oxygens (including phenoxy) is 1. The zero-order valence-electron chi connectivity index (χ0n) is 22.8. The second-order valence-electron chi connectivity index (χ2n) is 9.35. The minimum atomic E-state index is -4.25. The van der Waals surface area contributed by atoms with Gasteiger partial charge in [-0.15, -0.1) is 0 Å². The first-order valence-corrected chi connectivity index (χ1v) is 14.9. The van der Waals surface area contributed by atoms with Crippen LogP contribution in [0.3, 0.4) is 0 Å². The van der Waals surface area contributed by atoms with Gasteiger partial charge in [0.05, 0.1) is 27.7 Å². The second-order valence-corrected chi connectivity index (χ2v) is 12.0. The molecule has 11 heteroatoms. The van der Waals surface area contributed by atoms with Crippen LogP contribution in [0.15, 0.2) is 77.7 Å². The number of sulfonamides is 1. The molecule has 1 N–H and O–H groups in total. The van der Waals surface area contributed by atoms with Crippen LogP contribution in [0.25, 0.3) is 0 Å². The lowest BCUT2D eigenvalue weighted by Gasteiger charge is -2.33. The smallest absolute Gasteiger partial charge is 0.264 e. The van der Waals surface area contributed by atoms with Crippen molar-refractivity contribution in [3.63, 3.8) is 0 Å². The van der Waals surface area contributed by atoms with Gasteiger partial charge >= 0.3 is 0 Å². The third-order valence-corrected chi connectivity index (χ3v) is 8.72. The highest BCUT2D eigenvalue weighted by Gasteiger charge is 2.34. The highest BCUT2D eigenvalue weighted by molar-refractivity contribution is 7.92. The van der Waals surface area contributed by atoms with Crippen molar-refractivity contribution < 1.29 is 22.7 Å². The van der Waals surface area contributed by atoms with Crippen molar-refractivity contribution in [1.29, 1.82) is 0 Å². The standard InChI is InChI=1S/C29H33Cl2N3O5S/c1-5-25(29(36)32-20(2)3)33(18-21-14-16-22(39-4)17-15-21)27(35)19-34(26-13-9-12-24(30)28(26)31)40(37,38)23-10-7-6-8-11-23/h6-17,20,25H,5,18-19H2,1-4H3,(H,32,36). The second kappa shape index (κ2) is 13.9. The van der Waals surface area contributed by atoms with E-state index in [4.69, 9.17) is 27.9 Å². The molecular formula is C29H33Cl2N3O5S. The van der Waals surface area contributed by atoms with Crippen LogP contribution in [-0.4, -0.2) is 50.9 Å². The van der Waals surface area contributed by atoms with E-state index >= 15 is 0 Å². The fraction of sp³-hybridized carbons (Fsp3) is 0.310. The van der Waals surface area contributed by atoms with Gasteiger partial charge in [0.1, 0.15) is 18.3 Å². The largest absolute Gasteiger partial charge is 0.497 e. The summed E-state index contributed by atoms with van der Waals surface area (Å²) in [5.74, 6) is -0.281. The molecule has 214 valence electrons. The lowest BCUT2D eigenvalue weighted by Crippen LogP contribution is -2.53. The number of anilines is 1. The Balaban J connectivity index is 2.09. The Labute approximate surface area is 245 Å². The minimum absolute atomic E-state index is 0.0113. The zero-order valence-corrected chi connectivity index (χ0v) is 25.1. The summed E-state index contributed by atoms with van der Waals surface area (Å²) in [6.07, 6.45) is 0.309. The van der Waals surface area contributed by atoms with Crippen LogP contribution in [0.1, 0.15) is 32.8 Å². The molecule has 2 amide bonds. The molecular weight excluding hydrogens is 573 g/mol. The van der Waals surface area contributed by atoms with Gasteiger partial charge in [-0.25, -0.2) is 8.42 Å². The summed E-state index contributed by atoms with van der Waals surface area (Å²) in [6.45, 7) is 4.91. The molecule has 0 heterocycles. The number of hydrogen-bond donors (Lipinski definition) is 1. The van der Waals surface area contributed by atoms with E-state index in [1.807, 2.05) is 13.8 Å². The zero-order chi connectivity index (χ0) is 29.4. The van der Waals surface area contributed by atoms with Gasteiger partial charge in [0.25, 0.3) is 10.0 Å². The van der Waals surface area contributed by atoms with Crippen LogP contribution < -0.4 is 14.4 Å². The van der Waals surface area contributed by atoms with Crippen molar-refractivity contribution >= 4 is 50.7 Å². The molecule has 0 bridgehead atoms. The molecule has 0 radical (unpaired) electrons. The van der Waals surface area contributed by atoms with Crippen molar-refractivity contribution in [2.75, 3.05) is 18.0 Å². The summed E-state index contributed by atoms with van der Waals surface area (Å²) < 4.78 is 33.9. The monoisotopic (exact) mass is 605 g/mol. The van der Waals surface area contributed by atoms with Gasteiger partial charge < -0.3 is 15.0 Å². The van der Waals surface area contributed by atoms with Gasteiger partial charge in [-0.05, 0) is 62.2 Å². The number of carbonyl (C=O) groups is 2. The van der Waals surface area contributed by atoms with E-state index in [0.717, 1.165) is 9.87 Å². The molecule has 0 aliphatic carbocycles. The molecule has 0 aliphatic rings. The maximum atomic E-state index is 14.1. The van der Waals surface area contributed by atoms with Crippen LogP contribution in [0.2, 0.25) is 10.0 Å². The number of amides is 2. The Morgan fingerprint density at radius 1 is 0.950 bits per heavy atom. The van der Waals surface area contributed by atoms with Gasteiger partial charge in [-0.1, -0.05) is 66.5 Å². The highest BCUT2D eigenvalue weighted by Crippen LogP contribution is 2.35. The topological polar surface area (TPSA) is 96.0 Å². The van der Waals surface area contributed by atoms with E-state index in [1.165, 1.54) is 29.2 Å². The molecule has 0 aromatic heterocycles. The predicted octanol–water partition coefficient (Wildman–Crippen LogP) is 5.53. The quantitative estimate of drug-likeness (QED) is 0.293. The summed E-state index contributed by atoms with van der Waals surface area (Å²) in [4.78, 5) is 28.6. The Morgan fingerprint density at radius 2 is 1.60 bits per heavy atom. The Bertz CT molecular complexity index is 1420. The van der Waals surface area contributed by atoms with Crippen molar-refractivity contribution in [1.82, 2.24) is 10.2 Å². The first kappa shape index (κ1) is 31.3. The van der Waals surface area contributed by atoms with Gasteiger partial charge in [0.15, 0.2) is 0 Å². The highest BCUT2D eigenvalue weighted by atomic mass is 35.5. The summed E-state index contributed by atoms with van der Waals surface area (Å²) >= 11 is 12.7. The molecule has 0 saturated carbocycles. The molecule has 0 aliphatic heterocycles. The normalized spacial score (nSPS) is 12.1. The molecule has 1 atom stereocenters. The van der Waals surface area contributed by atoms with Crippen LogP contribution >= 0.6 is 23.2 Å². The summed E-state index contributed by atoms with van der Waals surface area (Å²) in [5, 5.41) is 2.99. The molecule has 0 saturated heterocycles. The average molecular weight is 607 g/mol. The van der Waals surface area contributed by atoms with Crippen LogP contribution in [0.4, 0.5) is 5.69 Å². The first-order chi connectivity index (χ1) is 19.0. The molecule has 1 unspecified atom stereocenters. The van der Waals surface area contributed by atoms with Gasteiger partial charge in [0.2, 0.25) is 11.8 Å². The number of rotatable bonds is 12. The van der Waals surface area contributed by atoms with Crippen molar-refractivity contribution in [2.45, 2.75) is 50.7 Å². The Kier molecular flexibility index (Phi) is 10.8. The van der Waals surface area contributed by atoms with E-state index in [-0.39, 0.29) is 39.1 Å². The first-order valence-electron chi connectivity index (χ1n) is 12.7. The number of methoxy groups -OCH3 is 1. The minimum Gasteiger partial charge on any atom is -0.497 e. The maximum absolute atomic E-state index is 14.1. The van der Waals surface area contributed by atoms with Crippen LogP contribution in [0.5, 0.6) is 5.75 Å². The predicted molar refractivity (Wildman–Crippen MR) is 158 cm³/mol. The molecule has 40 heavy (non-hydrogen) atoms. The number of halogens is 2. The SMILES string of the molecule is CCC(C(=O)NC(C)C)N(Cc1ccc(OC)cc1)C(=O)CN(c1cccc(Cl)c1Cl)S(=O)(=O)c1ccccc1. The molecule has 8 nitrogen and oxygen atoms in total.